The first-order valence-corrected chi connectivity index (χ1v) is 13.6. The van der Waals surface area contributed by atoms with E-state index in [4.69, 9.17) is 4.74 Å². The molecule has 2 atom stereocenters. The molecule has 0 aromatic heterocycles. The molecular formula is C31H42N2O3. The van der Waals surface area contributed by atoms with Crippen molar-refractivity contribution in [3.05, 3.63) is 64.2 Å². The highest BCUT2D eigenvalue weighted by Crippen LogP contribution is 2.37. The maximum absolute atomic E-state index is 13.0. The number of rotatable bonds is 8. The molecule has 2 aliphatic rings. The van der Waals surface area contributed by atoms with Gasteiger partial charge in [-0.3, -0.25) is 9.59 Å². The molecular weight excluding hydrogens is 448 g/mol. The van der Waals surface area contributed by atoms with Crippen LogP contribution in [0.1, 0.15) is 92.3 Å². The van der Waals surface area contributed by atoms with E-state index in [-0.39, 0.29) is 29.8 Å². The number of nitrogens with zero attached hydrogens (tertiary/aromatic N) is 2. The Bertz CT molecular complexity index is 1090. The zero-order chi connectivity index (χ0) is 25.8. The van der Waals surface area contributed by atoms with Gasteiger partial charge in [-0.15, -0.1) is 0 Å². The van der Waals surface area contributed by atoms with Crippen molar-refractivity contribution in [1.29, 1.82) is 0 Å². The zero-order valence-corrected chi connectivity index (χ0v) is 22.7. The third-order valence-corrected chi connectivity index (χ3v) is 8.08. The predicted octanol–water partition coefficient (Wildman–Crippen LogP) is 6.18. The summed E-state index contributed by atoms with van der Waals surface area (Å²) in [6, 6.07) is 13.1. The average Bonchev–Trinajstić information content (AvgIpc) is 2.89. The van der Waals surface area contributed by atoms with Gasteiger partial charge in [0.1, 0.15) is 5.75 Å². The number of hydrogen-bond acceptors (Lipinski definition) is 3. The molecule has 0 aliphatic heterocycles. The van der Waals surface area contributed by atoms with Crippen molar-refractivity contribution in [1.82, 2.24) is 9.80 Å². The summed E-state index contributed by atoms with van der Waals surface area (Å²) in [5.41, 5.74) is 6.59. The van der Waals surface area contributed by atoms with Gasteiger partial charge in [0.2, 0.25) is 11.8 Å². The molecule has 0 heterocycles. The van der Waals surface area contributed by atoms with Crippen LogP contribution in [-0.4, -0.2) is 42.3 Å². The second-order valence-corrected chi connectivity index (χ2v) is 10.9. The summed E-state index contributed by atoms with van der Waals surface area (Å²) < 4.78 is 6.05. The van der Waals surface area contributed by atoms with Crippen molar-refractivity contribution < 1.29 is 14.3 Å². The van der Waals surface area contributed by atoms with Gasteiger partial charge in [0.15, 0.2) is 0 Å². The van der Waals surface area contributed by atoms with Gasteiger partial charge in [-0.25, -0.2) is 0 Å². The van der Waals surface area contributed by atoms with Gasteiger partial charge in [0, 0.05) is 26.4 Å². The molecule has 0 N–H and O–H groups in total. The van der Waals surface area contributed by atoms with Gasteiger partial charge >= 0.3 is 0 Å². The zero-order valence-electron chi connectivity index (χ0n) is 22.7. The Kier molecular flexibility index (Phi) is 8.38. The Morgan fingerprint density at radius 1 is 0.972 bits per heavy atom. The number of amides is 2. The van der Waals surface area contributed by atoms with Crippen LogP contribution in [0.2, 0.25) is 0 Å². The van der Waals surface area contributed by atoms with Crippen molar-refractivity contribution in [2.45, 2.75) is 84.2 Å². The lowest BCUT2D eigenvalue weighted by atomic mass is 9.84. The van der Waals surface area contributed by atoms with E-state index < -0.39 is 0 Å². The lowest BCUT2D eigenvalue weighted by molar-refractivity contribution is -0.135. The van der Waals surface area contributed by atoms with Crippen LogP contribution in [0.4, 0.5) is 0 Å². The van der Waals surface area contributed by atoms with E-state index in [1.54, 1.807) is 0 Å². The van der Waals surface area contributed by atoms with Crippen molar-refractivity contribution in [3.63, 3.8) is 0 Å². The topological polar surface area (TPSA) is 49.9 Å². The lowest BCUT2D eigenvalue weighted by Gasteiger charge is -2.34. The Hall–Kier alpha value is -2.82. The second kappa shape index (κ2) is 11.5. The smallest absolute Gasteiger partial charge is 0.225 e. The maximum atomic E-state index is 13.0. The van der Waals surface area contributed by atoms with Gasteiger partial charge in [-0.2, -0.15) is 0 Å². The molecule has 5 heteroatoms. The van der Waals surface area contributed by atoms with Crippen molar-refractivity contribution in [2.75, 3.05) is 20.7 Å². The lowest BCUT2D eigenvalue weighted by Crippen LogP contribution is -2.35. The van der Waals surface area contributed by atoms with Crippen LogP contribution in [-0.2, 0) is 22.4 Å². The number of carbonyl (C=O) groups is 2. The van der Waals surface area contributed by atoms with E-state index in [2.05, 4.69) is 37.3 Å². The molecule has 0 spiro atoms. The fourth-order valence-corrected chi connectivity index (χ4v) is 5.99. The van der Waals surface area contributed by atoms with Gasteiger partial charge in [0.25, 0.3) is 0 Å². The van der Waals surface area contributed by atoms with Gasteiger partial charge in [0.05, 0.1) is 18.7 Å². The van der Waals surface area contributed by atoms with Crippen LogP contribution in [0.25, 0.3) is 0 Å². The largest absolute Gasteiger partial charge is 0.494 e. The summed E-state index contributed by atoms with van der Waals surface area (Å²) >= 11 is 0. The first-order valence-electron chi connectivity index (χ1n) is 13.6. The van der Waals surface area contributed by atoms with Gasteiger partial charge in [-0.05, 0) is 91.8 Å². The van der Waals surface area contributed by atoms with E-state index in [0.717, 1.165) is 44.3 Å². The van der Waals surface area contributed by atoms with Gasteiger partial charge in [-0.1, -0.05) is 38.1 Å². The summed E-state index contributed by atoms with van der Waals surface area (Å²) in [6.07, 6.45) is 7.54. The van der Waals surface area contributed by atoms with E-state index in [0.29, 0.717) is 19.4 Å². The number of benzene rings is 2. The summed E-state index contributed by atoms with van der Waals surface area (Å²) in [6.45, 7) is 6.60. The maximum Gasteiger partial charge on any atom is 0.225 e. The van der Waals surface area contributed by atoms with E-state index in [9.17, 15) is 9.59 Å². The molecule has 0 radical (unpaired) electrons. The summed E-state index contributed by atoms with van der Waals surface area (Å²) in [5.74, 6) is 1.23. The summed E-state index contributed by atoms with van der Waals surface area (Å²) in [5, 5.41) is 0. The number of fused-ring (bicyclic) bond motifs is 2. The van der Waals surface area contributed by atoms with E-state index >= 15 is 0 Å². The molecule has 4 rings (SSSR count). The molecule has 0 saturated carbocycles. The van der Waals surface area contributed by atoms with E-state index in [1.807, 2.05) is 43.8 Å². The van der Waals surface area contributed by atoms with Crippen molar-refractivity contribution in [3.8, 4) is 5.75 Å². The summed E-state index contributed by atoms with van der Waals surface area (Å²) in [7, 11) is 3.87. The molecule has 2 amide bonds. The number of ether oxygens (including phenoxy) is 1. The summed E-state index contributed by atoms with van der Waals surface area (Å²) in [4.78, 5) is 29.4. The highest BCUT2D eigenvalue weighted by molar-refractivity contribution is 5.78. The van der Waals surface area contributed by atoms with Crippen LogP contribution in [0, 0.1) is 12.8 Å². The van der Waals surface area contributed by atoms with Crippen LogP contribution in [0.5, 0.6) is 5.75 Å². The molecule has 5 nitrogen and oxygen atoms in total. The van der Waals surface area contributed by atoms with Gasteiger partial charge < -0.3 is 14.5 Å². The molecule has 1 unspecified atom stereocenters. The van der Waals surface area contributed by atoms with Crippen LogP contribution >= 0.6 is 0 Å². The molecule has 0 saturated heterocycles. The monoisotopic (exact) mass is 490 g/mol. The molecule has 2 aliphatic carbocycles. The highest BCUT2D eigenvalue weighted by Gasteiger charge is 2.29. The third-order valence-electron chi connectivity index (χ3n) is 8.08. The average molecular weight is 491 g/mol. The number of carbonyl (C=O) groups excluding carboxylic acids is 2. The Labute approximate surface area is 216 Å². The Morgan fingerprint density at radius 2 is 1.69 bits per heavy atom. The predicted molar refractivity (Wildman–Crippen MR) is 144 cm³/mol. The third kappa shape index (κ3) is 5.61. The first-order chi connectivity index (χ1) is 17.3. The molecule has 36 heavy (non-hydrogen) atoms. The standard InChI is InChI=1S/C31H42N2O3/c1-21(2)31(35)33(5)28-14-7-11-23-20-24(17-18-26(23)28)36-19-9-16-30(34)32(4)29-15-8-12-25-22(3)10-6-13-27(25)29/h6,10,13,17-18,20-21,28-29H,7-9,11-12,14-16,19H2,1-5H3/t28-,29?/m0/s1. The minimum Gasteiger partial charge on any atom is -0.494 e. The number of aryl methyl sites for hydroxylation is 2. The normalized spacial score (nSPS) is 18.8. The Balaban J connectivity index is 1.30. The fraction of sp³-hybridized carbons (Fsp3) is 0.548. The number of hydrogen-bond donors (Lipinski definition) is 0. The fourth-order valence-electron chi connectivity index (χ4n) is 5.99. The molecule has 0 bridgehead atoms. The minimum atomic E-state index is 0.00159. The SMILES string of the molecule is Cc1cccc2c1CCCC2N(C)C(=O)CCCOc1ccc2c(c1)CCC[C@@H]2N(C)C(=O)C(C)C. The first kappa shape index (κ1) is 26.2. The molecule has 2 aromatic carbocycles. The van der Waals surface area contributed by atoms with Crippen LogP contribution < -0.4 is 4.74 Å². The van der Waals surface area contributed by atoms with E-state index in [1.165, 1.54) is 27.8 Å². The quantitative estimate of drug-likeness (QED) is 0.415. The molecule has 194 valence electrons. The Morgan fingerprint density at radius 3 is 2.44 bits per heavy atom. The molecule has 2 aromatic rings. The van der Waals surface area contributed by atoms with Crippen molar-refractivity contribution >= 4 is 11.8 Å². The van der Waals surface area contributed by atoms with Crippen LogP contribution in [0.3, 0.4) is 0 Å². The van der Waals surface area contributed by atoms with Crippen LogP contribution in [0.15, 0.2) is 36.4 Å². The molecule has 0 fully saturated rings. The second-order valence-electron chi connectivity index (χ2n) is 10.9. The minimum absolute atomic E-state index is 0.00159. The highest BCUT2D eigenvalue weighted by atomic mass is 16.5. The van der Waals surface area contributed by atoms with Crippen molar-refractivity contribution in [2.24, 2.45) is 5.92 Å².